The van der Waals surface area contributed by atoms with Gasteiger partial charge in [0.25, 0.3) is 0 Å². The fourth-order valence-electron chi connectivity index (χ4n) is 6.47. The average molecular weight is 629 g/mol. The van der Waals surface area contributed by atoms with Gasteiger partial charge in [-0.1, -0.05) is 23.2 Å². The van der Waals surface area contributed by atoms with Gasteiger partial charge in [-0.15, -0.1) is 0 Å². The maximum Gasteiger partial charge on any atom is 0.407 e. The Bertz CT molecular complexity index is 1450. The number of amides is 1. The lowest BCUT2D eigenvalue weighted by Crippen LogP contribution is -2.50. The van der Waals surface area contributed by atoms with E-state index in [1.54, 1.807) is 12.1 Å². The predicted octanol–water partition coefficient (Wildman–Crippen LogP) is 4.89. The number of nitrogens with zero attached hydrogens (tertiary/aromatic N) is 4. The van der Waals surface area contributed by atoms with E-state index in [1.165, 1.54) is 0 Å². The molecule has 1 amide bonds. The molecule has 2 aliphatic carbocycles. The molecule has 0 bridgehead atoms. The van der Waals surface area contributed by atoms with Crippen LogP contribution < -0.4 is 5.32 Å². The van der Waals surface area contributed by atoms with Crippen molar-refractivity contribution in [3.8, 4) is 12.1 Å². The molecule has 0 unspecified atom stereocenters. The minimum absolute atomic E-state index is 0.0422. The van der Waals surface area contributed by atoms with E-state index in [4.69, 9.17) is 33.2 Å². The minimum atomic E-state index is -0.592. The second-order valence-corrected chi connectivity index (χ2v) is 13.5. The molecule has 0 radical (unpaired) electrons. The normalized spacial score (nSPS) is 24.7. The zero-order valence-corrected chi connectivity index (χ0v) is 26.7. The summed E-state index contributed by atoms with van der Waals surface area (Å²) in [5.74, 6) is 0. The average Bonchev–Trinajstić information content (AvgIpc) is 3.42. The van der Waals surface area contributed by atoms with Gasteiger partial charge >= 0.3 is 6.09 Å². The fraction of sp³-hybridized carbons (Fsp3) is 0.531. The second kappa shape index (κ2) is 13.4. The SMILES string of the molecule is CC(C)(C)OC(=O)N[C@@H]1CCCN([C@@H]2c3cc(Cl)cc(C#N)c3C[C@H]2O)C1.CN(C)[C@@H]1c2cc(Cl)cc(C#N)c2C[C@H]1O. The first-order valence-electron chi connectivity index (χ1n) is 14.4. The summed E-state index contributed by atoms with van der Waals surface area (Å²) in [7, 11) is 3.83. The third-order valence-corrected chi connectivity index (χ3v) is 8.49. The Morgan fingerprint density at radius 1 is 1.00 bits per heavy atom. The van der Waals surface area contributed by atoms with Crippen LogP contribution in [0.15, 0.2) is 24.3 Å². The molecular formula is C32H39Cl2N5O4. The number of benzene rings is 2. The van der Waals surface area contributed by atoms with E-state index in [1.807, 2.05) is 51.9 Å². The minimum Gasteiger partial charge on any atom is -0.444 e. The molecule has 1 fully saturated rings. The number of halogens is 2. The van der Waals surface area contributed by atoms with E-state index in [9.17, 15) is 20.3 Å². The molecule has 1 saturated heterocycles. The summed E-state index contributed by atoms with van der Waals surface area (Å²) >= 11 is 12.2. The summed E-state index contributed by atoms with van der Waals surface area (Å²) in [5.41, 5.74) is 4.26. The first-order valence-corrected chi connectivity index (χ1v) is 15.2. The van der Waals surface area contributed by atoms with Gasteiger partial charge in [-0.25, -0.2) is 4.79 Å². The zero-order chi connectivity index (χ0) is 31.6. The van der Waals surface area contributed by atoms with Crippen LogP contribution in [-0.2, 0) is 17.6 Å². The van der Waals surface area contributed by atoms with Crippen LogP contribution in [0.4, 0.5) is 4.79 Å². The highest BCUT2D eigenvalue weighted by molar-refractivity contribution is 6.31. The number of fused-ring (bicyclic) bond motifs is 2. The standard InChI is InChI=1S/C20H26ClN3O3.C12H13ClN2O/c1-20(2,3)27-19(26)23-14-5-4-6-24(11-14)18-16-8-13(21)7-12(10-22)15(16)9-17(18)25;1-15(2)12-10-4-8(13)3-7(6-14)9(10)5-11(12)16/h7-8,14,17-18,25H,4-6,9,11H2,1-3H3,(H,23,26);3-4,11-12,16H,5H2,1-2H3/t14-,17-,18-;11-,12-/m11/s1. The number of carbonyl (C=O) groups excluding carboxylic acids is 1. The molecule has 11 heteroatoms. The number of likely N-dealkylation sites (tertiary alicyclic amines) is 1. The lowest BCUT2D eigenvalue weighted by atomic mass is 9.98. The van der Waals surface area contributed by atoms with Gasteiger partial charge in [-0.3, -0.25) is 4.90 Å². The Hall–Kier alpha value is -2.89. The monoisotopic (exact) mass is 627 g/mol. The summed E-state index contributed by atoms with van der Waals surface area (Å²) in [6.45, 7) is 6.95. The van der Waals surface area contributed by atoms with Crippen LogP contribution in [0.3, 0.4) is 0 Å². The Kier molecular flexibility index (Phi) is 10.3. The summed E-state index contributed by atoms with van der Waals surface area (Å²) in [6, 6.07) is 11.0. The molecule has 5 rings (SSSR count). The predicted molar refractivity (Wildman–Crippen MR) is 165 cm³/mol. The number of ether oxygens (including phenoxy) is 1. The summed E-state index contributed by atoms with van der Waals surface area (Å²) in [5, 5.41) is 43.1. The largest absolute Gasteiger partial charge is 0.444 e. The quantitative estimate of drug-likeness (QED) is 0.438. The van der Waals surface area contributed by atoms with Gasteiger partial charge in [0.15, 0.2) is 0 Å². The number of nitriles is 2. The first kappa shape index (κ1) is 33.0. The van der Waals surface area contributed by atoms with Gasteiger partial charge in [-0.2, -0.15) is 10.5 Å². The number of hydrogen-bond acceptors (Lipinski definition) is 8. The van der Waals surface area contributed by atoms with E-state index in [0.717, 1.165) is 41.6 Å². The summed E-state index contributed by atoms with van der Waals surface area (Å²) in [4.78, 5) is 16.2. The van der Waals surface area contributed by atoms with Crippen LogP contribution in [0.2, 0.25) is 10.0 Å². The zero-order valence-electron chi connectivity index (χ0n) is 25.2. The third kappa shape index (κ3) is 7.61. The number of aliphatic hydroxyl groups is 2. The topological polar surface area (TPSA) is 133 Å². The molecule has 2 aromatic rings. The van der Waals surface area contributed by atoms with E-state index in [2.05, 4.69) is 22.4 Å². The number of likely N-dealkylation sites (N-methyl/N-ethyl adjacent to an activating group) is 1. The maximum absolute atomic E-state index is 12.1. The molecule has 230 valence electrons. The van der Waals surface area contributed by atoms with Crippen LogP contribution in [0, 0.1) is 22.7 Å². The number of nitrogens with one attached hydrogen (secondary N) is 1. The Morgan fingerprint density at radius 2 is 1.56 bits per heavy atom. The number of aliphatic hydroxyl groups excluding tert-OH is 2. The van der Waals surface area contributed by atoms with Crippen LogP contribution in [0.5, 0.6) is 0 Å². The van der Waals surface area contributed by atoms with Crippen molar-refractivity contribution in [2.75, 3.05) is 27.2 Å². The molecule has 3 aliphatic rings. The molecule has 0 aromatic heterocycles. The van der Waals surface area contributed by atoms with E-state index >= 15 is 0 Å². The third-order valence-electron chi connectivity index (χ3n) is 8.06. The maximum atomic E-state index is 12.1. The highest BCUT2D eigenvalue weighted by Crippen LogP contribution is 2.41. The van der Waals surface area contributed by atoms with Crippen LogP contribution >= 0.6 is 23.2 Å². The molecular weight excluding hydrogens is 589 g/mol. The van der Waals surface area contributed by atoms with Gasteiger partial charge < -0.3 is 25.2 Å². The van der Waals surface area contributed by atoms with Gasteiger partial charge in [0, 0.05) is 35.5 Å². The molecule has 43 heavy (non-hydrogen) atoms. The number of rotatable bonds is 3. The Labute approximate surface area is 263 Å². The van der Waals surface area contributed by atoms with E-state index < -0.39 is 23.9 Å². The molecule has 0 spiro atoms. The van der Waals surface area contributed by atoms with Crippen LogP contribution in [-0.4, -0.2) is 77.1 Å². The molecule has 1 aliphatic heterocycles. The van der Waals surface area contributed by atoms with Crippen LogP contribution in [0.25, 0.3) is 0 Å². The van der Waals surface area contributed by atoms with Gasteiger partial charge in [0.2, 0.25) is 0 Å². The fourth-order valence-corrected chi connectivity index (χ4v) is 6.92. The molecule has 9 nitrogen and oxygen atoms in total. The lowest BCUT2D eigenvalue weighted by Gasteiger charge is -2.38. The van der Waals surface area contributed by atoms with Crippen molar-refractivity contribution < 1.29 is 19.7 Å². The van der Waals surface area contributed by atoms with Crippen molar-refractivity contribution in [2.24, 2.45) is 0 Å². The molecule has 5 atom stereocenters. The van der Waals surface area contributed by atoms with Crippen molar-refractivity contribution >= 4 is 29.3 Å². The van der Waals surface area contributed by atoms with Gasteiger partial charge in [0.05, 0.1) is 47.6 Å². The highest BCUT2D eigenvalue weighted by atomic mass is 35.5. The summed E-state index contributed by atoms with van der Waals surface area (Å²) < 4.78 is 5.35. The summed E-state index contributed by atoms with van der Waals surface area (Å²) in [6.07, 6.45) is 1.27. The second-order valence-electron chi connectivity index (χ2n) is 12.6. The Balaban J connectivity index is 0.000000225. The van der Waals surface area contributed by atoms with Gasteiger partial charge in [-0.05, 0) is 101 Å². The van der Waals surface area contributed by atoms with Crippen molar-refractivity contribution in [2.45, 2.75) is 82.4 Å². The van der Waals surface area contributed by atoms with Crippen molar-refractivity contribution in [1.29, 1.82) is 10.5 Å². The van der Waals surface area contributed by atoms with Crippen LogP contribution in [0.1, 0.15) is 79.1 Å². The molecule has 0 saturated carbocycles. The first-order chi connectivity index (χ1) is 20.2. The van der Waals surface area contributed by atoms with E-state index in [-0.39, 0.29) is 18.1 Å². The van der Waals surface area contributed by atoms with Crippen molar-refractivity contribution in [1.82, 2.24) is 15.1 Å². The number of carbonyl (C=O) groups is 1. The molecule has 2 aromatic carbocycles. The van der Waals surface area contributed by atoms with Crippen molar-refractivity contribution in [3.63, 3.8) is 0 Å². The van der Waals surface area contributed by atoms with Gasteiger partial charge in [0.1, 0.15) is 5.60 Å². The van der Waals surface area contributed by atoms with E-state index in [0.29, 0.717) is 40.6 Å². The number of alkyl carbamates (subject to hydrolysis) is 1. The lowest BCUT2D eigenvalue weighted by molar-refractivity contribution is 0.0302. The molecule has 3 N–H and O–H groups in total. The number of hydrogen-bond donors (Lipinski definition) is 3. The number of piperidine rings is 1. The highest BCUT2D eigenvalue weighted by Gasteiger charge is 2.39. The Morgan fingerprint density at radius 3 is 2.12 bits per heavy atom. The molecule has 1 heterocycles. The smallest absolute Gasteiger partial charge is 0.407 e. The van der Waals surface area contributed by atoms with Crippen molar-refractivity contribution in [3.05, 3.63) is 67.7 Å².